The molecule has 4 nitrogen and oxygen atoms in total. The van der Waals surface area contributed by atoms with Gasteiger partial charge in [-0.2, -0.15) is 0 Å². The van der Waals surface area contributed by atoms with Gasteiger partial charge in [-0.25, -0.2) is 0 Å². The summed E-state index contributed by atoms with van der Waals surface area (Å²) in [6.45, 7) is 0. The molecule has 2 aromatic rings. The van der Waals surface area contributed by atoms with E-state index in [4.69, 9.17) is 5.73 Å². The van der Waals surface area contributed by atoms with E-state index in [1.807, 2.05) is 12.3 Å². The van der Waals surface area contributed by atoms with Crippen molar-refractivity contribution in [3.05, 3.63) is 27.5 Å². The van der Waals surface area contributed by atoms with Crippen LogP contribution in [0.25, 0.3) is 10.9 Å². The number of rotatable bonds is 0. The molecule has 3 rings (SSSR count). The molecule has 1 aromatic heterocycles. The third kappa shape index (κ3) is 1.08. The minimum absolute atomic E-state index is 0.194. The first-order valence-corrected chi connectivity index (χ1v) is 6.12. The molecule has 0 saturated heterocycles. The van der Waals surface area contributed by atoms with Crippen LogP contribution < -0.4 is 27.2 Å². The van der Waals surface area contributed by atoms with Gasteiger partial charge in [0.05, 0.1) is 0 Å². The second-order valence-corrected chi connectivity index (χ2v) is 5.14. The molecule has 1 aromatic carbocycles. The molecule has 0 aliphatic carbocycles. The number of hydrogen-bond donors (Lipinski definition) is 1. The molecule has 2 heterocycles. The SMILES string of the molecule is Nc1ncc2ccc3c(c2n1)C=N[I-]3. The van der Waals surface area contributed by atoms with Crippen molar-refractivity contribution in [3.8, 4) is 0 Å². The summed E-state index contributed by atoms with van der Waals surface area (Å²) in [7, 11) is 0. The molecule has 0 saturated carbocycles. The third-order valence-electron chi connectivity index (χ3n) is 2.08. The summed E-state index contributed by atoms with van der Waals surface area (Å²) < 4.78 is 5.63. The van der Waals surface area contributed by atoms with Gasteiger partial charge in [-0.3, -0.25) is 0 Å². The quantitative estimate of drug-likeness (QED) is 0.562. The summed E-state index contributed by atoms with van der Waals surface area (Å²) in [5.74, 6) is 0.324. The second-order valence-electron chi connectivity index (χ2n) is 2.94. The van der Waals surface area contributed by atoms with Crippen molar-refractivity contribution in [2.24, 2.45) is 3.21 Å². The molecule has 1 aliphatic heterocycles. The Bertz CT molecular complexity index is 550. The van der Waals surface area contributed by atoms with Gasteiger partial charge in [-0.05, 0) is 0 Å². The Morgan fingerprint density at radius 1 is 1.29 bits per heavy atom. The van der Waals surface area contributed by atoms with Gasteiger partial charge in [-0.15, -0.1) is 0 Å². The summed E-state index contributed by atoms with van der Waals surface area (Å²) in [6.07, 6.45) is 3.65. The fourth-order valence-corrected chi connectivity index (χ4v) is 3.14. The van der Waals surface area contributed by atoms with Crippen LogP contribution in [-0.4, -0.2) is 16.2 Å². The summed E-state index contributed by atoms with van der Waals surface area (Å²) in [5, 5.41) is 1.02. The van der Waals surface area contributed by atoms with Crippen LogP contribution in [0.2, 0.25) is 0 Å². The first-order valence-electron chi connectivity index (χ1n) is 4.07. The molecule has 70 valence electrons. The topological polar surface area (TPSA) is 64.2 Å². The summed E-state index contributed by atoms with van der Waals surface area (Å²) in [6, 6.07) is 4.14. The first-order chi connectivity index (χ1) is 6.84. The van der Waals surface area contributed by atoms with Gasteiger partial charge in [0, 0.05) is 0 Å². The second kappa shape index (κ2) is 2.88. The number of halogens is 1. The van der Waals surface area contributed by atoms with Crippen LogP contribution in [-0.2, 0) is 0 Å². The zero-order valence-electron chi connectivity index (χ0n) is 7.11. The number of hydrogen-bond acceptors (Lipinski definition) is 4. The number of nitrogens with zero attached hydrogens (tertiary/aromatic N) is 3. The molecule has 0 amide bonds. The average Bonchev–Trinajstić information content (AvgIpc) is 2.65. The van der Waals surface area contributed by atoms with Crippen LogP contribution in [0.4, 0.5) is 5.95 Å². The van der Waals surface area contributed by atoms with Gasteiger partial charge in [-0.1, -0.05) is 0 Å². The Kier molecular flexibility index (Phi) is 1.66. The monoisotopic (exact) mass is 297 g/mol. The van der Waals surface area contributed by atoms with Crippen molar-refractivity contribution in [1.29, 1.82) is 0 Å². The van der Waals surface area contributed by atoms with Crippen LogP contribution in [0.5, 0.6) is 0 Å². The maximum absolute atomic E-state index is 5.56. The van der Waals surface area contributed by atoms with Crippen molar-refractivity contribution in [2.45, 2.75) is 0 Å². The third-order valence-corrected chi connectivity index (χ3v) is 4.09. The minimum atomic E-state index is -0.194. The van der Waals surface area contributed by atoms with Crippen molar-refractivity contribution in [3.63, 3.8) is 0 Å². The molecule has 14 heavy (non-hydrogen) atoms. The Labute approximate surface area is 90.9 Å². The Hall–Kier alpha value is -1.24. The molecule has 0 bridgehead atoms. The Balaban J connectivity index is 2.46. The standard InChI is InChI=1S/C9H6IN4/c11-9-12-3-5-1-2-7-6(4-13-10-7)8(5)14-9/h1-4H,(H2,11,12,14)/q-1. The van der Waals surface area contributed by atoms with Gasteiger partial charge in [0.25, 0.3) is 0 Å². The van der Waals surface area contributed by atoms with Crippen molar-refractivity contribution >= 4 is 23.1 Å². The fourth-order valence-electron chi connectivity index (χ4n) is 1.43. The molecule has 0 fully saturated rings. The van der Waals surface area contributed by atoms with E-state index < -0.39 is 0 Å². The average molecular weight is 297 g/mol. The van der Waals surface area contributed by atoms with E-state index in [9.17, 15) is 0 Å². The van der Waals surface area contributed by atoms with E-state index in [1.54, 1.807) is 6.20 Å². The maximum atomic E-state index is 5.56. The zero-order valence-corrected chi connectivity index (χ0v) is 9.26. The number of benzene rings is 1. The molecule has 2 N–H and O–H groups in total. The normalized spacial score (nSPS) is 14.0. The zero-order chi connectivity index (χ0) is 9.54. The predicted octanol–water partition coefficient (Wildman–Crippen LogP) is -2.18. The fraction of sp³-hybridized carbons (Fsp3) is 0. The van der Waals surface area contributed by atoms with Crippen LogP contribution in [0.3, 0.4) is 0 Å². The summed E-state index contributed by atoms with van der Waals surface area (Å²) >= 11 is -0.194. The molecule has 0 unspecified atom stereocenters. The summed E-state index contributed by atoms with van der Waals surface area (Å²) in [4.78, 5) is 8.20. The van der Waals surface area contributed by atoms with E-state index in [0.717, 1.165) is 16.5 Å². The number of nitrogens with two attached hydrogens (primary N) is 1. The van der Waals surface area contributed by atoms with Gasteiger partial charge < -0.3 is 0 Å². The van der Waals surface area contributed by atoms with Crippen molar-refractivity contribution in [1.82, 2.24) is 9.97 Å². The van der Waals surface area contributed by atoms with E-state index >= 15 is 0 Å². The van der Waals surface area contributed by atoms with E-state index in [2.05, 4.69) is 19.2 Å². The Morgan fingerprint density at radius 2 is 2.21 bits per heavy atom. The van der Waals surface area contributed by atoms with E-state index in [0.29, 0.717) is 5.95 Å². The molecule has 5 heteroatoms. The molecular formula is C9H6IN4-. The van der Waals surface area contributed by atoms with Gasteiger partial charge >= 0.3 is 90.9 Å². The summed E-state index contributed by atoms with van der Waals surface area (Å²) in [5.41, 5.74) is 7.62. The van der Waals surface area contributed by atoms with Crippen LogP contribution >= 0.6 is 0 Å². The number of aromatic nitrogens is 2. The molecule has 0 spiro atoms. The molecule has 1 aliphatic rings. The number of anilines is 1. The van der Waals surface area contributed by atoms with Gasteiger partial charge in [0.15, 0.2) is 0 Å². The molecule has 0 radical (unpaired) electrons. The van der Waals surface area contributed by atoms with Crippen LogP contribution in [0, 0.1) is 3.57 Å². The van der Waals surface area contributed by atoms with E-state index in [1.165, 1.54) is 3.57 Å². The molecule has 0 atom stereocenters. The number of nitrogen functional groups attached to an aromatic ring is 1. The number of fused-ring (bicyclic) bond motifs is 3. The van der Waals surface area contributed by atoms with Crippen LogP contribution in [0.1, 0.15) is 5.56 Å². The molecular weight excluding hydrogens is 291 g/mol. The van der Waals surface area contributed by atoms with Crippen LogP contribution in [0.15, 0.2) is 21.5 Å². The van der Waals surface area contributed by atoms with E-state index in [-0.39, 0.29) is 21.5 Å². The van der Waals surface area contributed by atoms with Gasteiger partial charge in [0.2, 0.25) is 0 Å². The predicted molar refractivity (Wildman–Crippen MR) is 50.2 cm³/mol. The van der Waals surface area contributed by atoms with Crippen molar-refractivity contribution in [2.75, 3.05) is 5.73 Å². The first kappa shape index (κ1) is 8.10. The Morgan fingerprint density at radius 3 is 3.14 bits per heavy atom. The van der Waals surface area contributed by atoms with Gasteiger partial charge in [0.1, 0.15) is 0 Å². The van der Waals surface area contributed by atoms with Crippen molar-refractivity contribution < 1.29 is 21.5 Å².